The highest BCUT2D eigenvalue weighted by molar-refractivity contribution is 7.98. The quantitative estimate of drug-likeness (QED) is 0.756. The number of benzene rings is 1. The summed E-state index contributed by atoms with van der Waals surface area (Å²) in [5.74, 6) is 0.314. The maximum absolute atomic E-state index is 9.72. The van der Waals surface area contributed by atoms with Crippen molar-refractivity contribution in [2.24, 2.45) is 5.73 Å². The molecule has 0 aromatic heterocycles. The van der Waals surface area contributed by atoms with Crippen molar-refractivity contribution in [1.29, 1.82) is 0 Å². The van der Waals surface area contributed by atoms with Crippen LogP contribution in [0.4, 0.5) is 0 Å². The average Bonchev–Trinajstić information content (AvgIpc) is 2.17. The van der Waals surface area contributed by atoms with E-state index >= 15 is 0 Å². The number of aryl methyl sites for hydroxylation is 1. The van der Waals surface area contributed by atoms with E-state index in [1.54, 1.807) is 17.8 Å². The number of nitrogens with two attached hydrogens (primary N) is 1. The Kier molecular flexibility index (Phi) is 3.84. The van der Waals surface area contributed by atoms with Crippen LogP contribution in [0, 0.1) is 6.92 Å². The summed E-state index contributed by atoms with van der Waals surface area (Å²) in [4.78, 5) is 1.18. The monoisotopic (exact) mass is 211 g/mol. The van der Waals surface area contributed by atoms with Crippen molar-refractivity contribution in [1.82, 2.24) is 0 Å². The zero-order valence-electron chi connectivity index (χ0n) is 8.87. The zero-order chi connectivity index (χ0) is 10.7. The Morgan fingerprint density at radius 2 is 2.14 bits per heavy atom. The topological polar surface area (TPSA) is 46.2 Å². The lowest BCUT2D eigenvalue weighted by Crippen LogP contribution is -2.09. The first-order chi connectivity index (χ1) is 6.60. The molecule has 0 saturated carbocycles. The SMILES string of the molecule is CCC(N)c1cc(SC)c(C)cc1O. The Hall–Kier alpha value is -0.670. The van der Waals surface area contributed by atoms with Gasteiger partial charge in [0.2, 0.25) is 0 Å². The normalized spacial score (nSPS) is 12.9. The van der Waals surface area contributed by atoms with Crippen molar-refractivity contribution in [2.45, 2.75) is 31.2 Å². The van der Waals surface area contributed by atoms with Gasteiger partial charge in [0.25, 0.3) is 0 Å². The minimum absolute atomic E-state index is 0.0681. The van der Waals surface area contributed by atoms with E-state index in [1.807, 2.05) is 26.2 Å². The molecule has 1 aromatic rings. The van der Waals surface area contributed by atoms with E-state index in [2.05, 4.69) is 0 Å². The Morgan fingerprint density at radius 3 is 2.64 bits per heavy atom. The van der Waals surface area contributed by atoms with Gasteiger partial charge in [-0.2, -0.15) is 0 Å². The van der Waals surface area contributed by atoms with Crippen molar-refractivity contribution in [3.8, 4) is 5.75 Å². The summed E-state index contributed by atoms with van der Waals surface area (Å²) < 4.78 is 0. The van der Waals surface area contributed by atoms with Crippen molar-refractivity contribution in [3.05, 3.63) is 23.3 Å². The Balaban J connectivity index is 3.17. The summed E-state index contributed by atoms with van der Waals surface area (Å²) in [7, 11) is 0. The molecule has 0 saturated heterocycles. The number of hydrogen-bond donors (Lipinski definition) is 2. The van der Waals surface area contributed by atoms with Crippen molar-refractivity contribution in [2.75, 3.05) is 6.26 Å². The molecule has 2 nitrogen and oxygen atoms in total. The van der Waals surface area contributed by atoms with Gasteiger partial charge in [0.05, 0.1) is 0 Å². The van der Waals surface area contributed by atoms with Crippen LogP contribution in [0.2, 0.25) is 0 Å². The maximum atomic E-state index is 9.72. The average molecular weight is 211 g/mol. The number of phenolic OH excluding ortho intramolecular Hbond substituents is 1. The third-order valence-electron chi connectivity index (χ3n) is 2.38. The highest BCUT2D eigenvalue weighted by Crippen LogP contribution is 2.31. The van der Waals surface area contributed by atoms with Crippen LogP contribution in [0.3, 0.4) is 0 Å². The van der Waals surface area contributed by atoms with Gasteiger partial charge in [0.15, 0.2) is 0 Å². The third-order valence-corrected chi connectivity index (χ3v) is 3.26. The van der Waals surface area contributed by atoms with Gasteiger partial charge in [-0.25, -0.2) is 0 Å². The van der Waals surface area contributed by atoms with Crippen LogP contribution in [0.25, 0.3) is 0 Å². The van der Waals surface area contributed by atoms with Crippen LogP contribution in [0.5, 0.6) is 5.75 Å². The van der Waals surface area contributed by atoms with Gasteiger partial charge in [-0.05, 0) is 37.3 Å². The molecule has 0 heterocycles. The Bertz CT molecular complexity index is 325. The molecule has 3 N–H and O–H groups in total. The van der Waals surface area contributed by atoms with Crippen LogP contribution in [-0.4, -0.2) is 11.4 Å². The molecule has 0 bridgehead atoms. The maximum Gasteiger partial charge on any atom is 0.120 e. The highest BCUT2D eigenvalue weighted by atomic mass is 32.2. The fourth-order valence-corrected chi connectivity index (χ4v) is 2.05. The second-order valence-electron chi connectivity index (χ2n) is 3.40. The largest absolute Gasteiger partial charge is 0.508 e. The molecule has 0 radical (unpaired) electrons. The summed E-state index contributed by atoms with van der Waals surface area (Å²) in [6.45, 7) is 4.01. The minimum Gasteiger partial charge on any atom is -0.508 e. The Morgan fingerprint density at radius 1 is 1.50 bits per heavy atom. The van der Waals surface area contributed by atoms with E-state index in [0.29, 0.717) is 5.75 Å². The van der Waals surface area contributed by atoms with E-state index < -0.39 is 0 Å². The third kappa shape index (κ3) is 2.22. The highest BCUT2D eigenvalue weighted by Gasteiger charge is 2.11. The molecule has 0 fully saturated rings. The number of aromatic hydroxyl groups is 1. The van der Waals surface area contributed by atoms with E-state index in [1.165, 1.54) is 4.90 Å². The summed E-state index contributed by atoms with van der Waals surface area (Å²) >= 11 is 1.68. The second kappa shape index (κ2) is 4.71. The molecular weight excluding hydrogens is 194 g/mol. The summed E-state index contributed by atoms with van der Waals surface area (Å²) in [5, 5.41) is 9.72. The van der Waals surface area contributed by atoms with Crippen LogP contribution in [-0.2, 0) is 0 Å². The van der Waals surface area contributed by atoms with E-state index in [9.17, 15) is 5.11 Å². The summed E-state index contributed by atoms with van der Waals surface area (Å²) in [6.07, 6.45) is 2.87. The van der Waals surface area contributed by atoms with E-state index in [4.69, 9.17) is 5.73 Å². The van der Waals surface area contributed by atoms with Crippen LogP contribution >= 0.6 is 11.8 Å². The number of phenols is 1. The van der Waals surface area contributed by atoms with Crippen LogP contribution in [0.15, 0.2) is 17.0 Å². The molecule has 1 aromatic carbocycles. The van der Waals surface area contributed by atoms with Gasteiger partial charge in [0, 0.05) is 16.5 Å². The molecule has 78 valence electrons. The van der Waals surface area contributed by atoms with Gasteiger partial charge in [0.1, 0.15) is 5.75 Å². The van der Waals surface area contributed by atoms with Crippen molar-refractivity contribution in [3.63, 3.8) is 0 Å². The van der Waals surface area contributed by atoms with Crippen molar-refractivity contribution < 1.29 is 5.11 Å². The lowest BCUT2D eigenvalue weighted by Gasteiger charge is -2.14. The lowest BCUT2D eigenvalue weighted by atomic mass is 10.0. The van der Waals surface area contributed by atoms with Gasteiger partial charge in [-0.3, -0.25) is 0 Å². The van der Waals surface area contributed by atoms with E-state index in [-0.39, 0.29) is 6.04 Å². The van der Waals surface area contributed by atoms with Crippen LogP contribution in [0.1, 0.15) is 30.5 Å². The molecule has 1 atom stereocenters. The molecule has 1 unspecified atom stereocenters. The molecule has 3 heteroatoms. The minimum atomic E-state index is -0.0681. The fraction of sp³-hybridized carbons (Fsp3) is 0.455. The van der Waals surface area contributed by atoms with Gasteiger partial charge >= 0.3 is 0 Å². The molecule has 1 rings (SSSR count). The second-order valence-corrected chi connectivity index (χ2v) is 4.24. The summed E-state index contributed by atoms with van der Waals surface area (Å²) in [6, 6.07) is 3.71. The standard InChI is InChI=1S/C11H17NOS/c1-4-9(12)8-6-11(14-3)7(2)5-10(8)13/h5-6,9,13H,4,12H2,1-3H3. The van der Waals surface area contributed by atoms with Crippen molar-refractivity contribution >= 4 is 11.8 Å². The molecule has 0 aliphatic rings. The predicted molar refractivity (Wildman–Crippen MR) is 61.8 cm³/mol. The molecule has 0 amide bonds. The molecule has 0 aliphatic heterocycles. The van der Waals surface area contributed by atoms with Gasteiger partial charge in [-0.15, -0.1) is 11.8 Å². The van der Waals surface area contributed by atoms with Gasteiger partial charge in [-0.1, -0.05) is 6.92 Å². The molecule has 0 aliphatic carbocycles. The van der Waals surface area contributed by atoms with E-state index in [0.717, 1.165) is 17.5 Å². The van der Waals surface area contributed by atoms with Gasteiger partial charge < -0.3 is 10.8 Å². The molecule has 14 heavy (non-hydrogen) atoms. The van der Waals surface area contributed by atoms with Crippen LogP contribution < -0.4 is 5.73 Å². The number of rotatable bonds is 3. The molecular formula is C11H17NOS. The number of thioether (sulfide) groups is 1. The number of hydrogen-bond acceptors (Lipinski definition) is 3. The zero-order valence-corrected chi connectivity index (χ0v) is 9.69. The predicted octanol–water partition coefficient (Wildman–Crippen LogP) is 2.83. The first-order valence-electron chi connectivity index (χ1n) is 4.73. The first kappa shape index (κ1) is 11.4. The first-order valence-corrected chi connectivity index (χ1v) is 5.95. The lowest BCUT2D eigenvalue weighted by molar-refractivity contribution is 0.459. The Labute approximate surface area is 89.5 Å². The molecule has 0 spiro atoms. The fourth-order valence-electron chi connectivity index (χ4n) is 1.43. The smallest absolute Gasteiger partial charge is 0.120 e. The summed E-state index contributed by atoms with van der Waals surface area (Å²) in [5.41, 5.74) is 7.85.